The van der Waals surface area contributed by atoms with E-state index in [9.17, 15) is 4.39 Å². The van der Waals surface area contributed by atoms with Gasteiger partial charge in [-0.3, -0.25) is 4.90 Å². The highest BCUT2D eigenvalue weighted by Crippen LogP contribution is 2.28. The van der Waals surface area contributed by atoms with Crippen molar-refractivity contribution < 1.29 is 13.9 Å². The summed E-state index contributed by atoms with van der Waals surface area (Å²) < 4.78 is 24.9. The molecule has 1 fully saturated rings. The molecule has 0 bridgehead atoms. The zero-order chi connectivity index (χ0) is 16.8. The molecule has 1 atom stereocenters. The van der Waals surface area contributed by atoms with Crippen molar-refractivity contribution in [2.24, 2.45) is 0 Å². The molecule has 24 heavy (non-hydrogen) atoms. The van der Waals surface area contributed by atoms with Crippen LogP contribution in [0.5, 0.6) is 5.75 Å². The molecule has 0 amide bonds. The van der Waals surface area contributed by atoms with E-state index in [0.29, 0.717) is 5.75 Å². The molecule has 5 heteroatoms. The van der Waals surface area contributed by atoms with Crippen LogP contribution < -0.4 is 4.74 Å². The molecule has 0 aliphatic carbocycles. The number of morpholine rings is 1. The van der Waals surface area contributed by atoms with Crippen LogP contribution in [0.25, 0.3) is 0 Å². The summed E-state index contributed by atoms with van der Waals surface area (Å²) in [4.78, 5) is 2.38. The van der Waals surface area contributed by atoms with E-state index in [1.807, 2.05) is 18.2 Å². The number of hydrogen-bond acceptors (Lipinski definition) is 3. The highest BCUT2D eigenvalue weighted by atomic mass is 35.5. The number of benzene rings is 2. The van der Waals surface area contributed by atoms with Crippen molar-refractivity contribution in [3.05, 3.63) is 64.9 Å². The third kappa shape index (κ3) is 4.69. The molecular formula is C19H21ClFNO2. The summed E-state index contributed by atoms with van der Waals surface area (Å²) >= 11 is 5.86. The van der Waals surface area contributed by atoms with Crippen molar-refractivity contribution in [2.45, 2.75) is 12.5 Å². The van der Waals surface area contributed by atoms with Gasteiger partial charge in [0.25, 0.3) is 0 Å². The molecule has 128 valence electrons. The summed E-state index contributed by atoms with van der Waals surface area (Å²) in [5, 5.41) is 0.0764. The molecule has 3 rings (SSSR count). The average Bonchev–Trinajstić information content (AvgIpc) is 2.63. The fourth-order valence-corrected chi connectivity index (χ4v) is 2.97. The van der Waals surface area contributed by atoms with Crippen LogP contribution >= 0.6 is 11.6 Å². The minimum absolute atomic E-state index is 0.0764. The first-order chi connectivity index (χ1) is 11.7. The van der Waals surface area contributed by atoms with Crippen molar-refractivity contribution >= 4 is 11.6 Å². The fraction of sp³-hybridized carbons (Fsp3) is 0.368. The molecule has 0 N–H and O–H groups in total. The zero-order valence-electron chi connectivity index (χ0n) is 13.5. The Bertz CT molecular complexity index is 647. The van der Waals surface area contributed by atoms with Crippen molar-refractivity contribution in [2.75, 3.05) is 32.8 Å². The van der Waals surface area contributed by atoms with Gasteiger partial charge in [-0.25, -0.2) is 4.39 Å². The monoisotopic (exact) mass is 349 g/mol. The third-order valence-corrected chi connectivity index (χ3v) is 4.44. The lowest BCUT2D eigenvalue weighted by molar-refractivity contribution is 0.0317. The van der Waals surface area contributed by atoms with Crippen molar-refractivity contribution in [3.8, 4) is 5.75 Å². The van der Waals surface area contributed by atoms with Gasteiger partial charge in [0.15, 0.2) is 0 Å². The molecule has 2 aromatic carbocycles. The number of halogens is 2. The summed E-state index contributed by atoms with van der Waals surface area (Å²) in [6.45, 7) is 4.39. The Balaban J connectivity index is 1.70. The minimum atomic E-state index is -0.436. The van der Waals surface area contributed by atoms with Crippen LogP contribution in [-0.2, 0) is 4.74 Å². The van der Waals surface area contributed by atoms with E-state index in [2.05, 4.69) is 17.0 Å². The van der Waals surface area contributed by atoms with Gasteiger partial charge in [-0.05, 0) is 17.7 Å². The molecule has 3 nitrogen and oxygen atoms in total. The van der Waals surface area contributed by atoms with Crippen LogP contribution in [0.1, 0.15) is 18.1 Å². The van der Waals surface area contributed by atoms with Gasteiger partial charge in [0, 0.05) is 32.1 Å². The molecule has 1 aliphatic heterocycles. The van der Waals surface area contributed by atoms with Crippen LogP contribution in [0.15, 0.2) is 48.5 Å². The van der Waals surface area contributed by atoms with E-state index in [1.165, 1.54) is 12.1 Å². The molecule has 0 saturated carbocycles. The highest BCUT2D eigenvalue weighted by Gasteiger charge is 2.17. The van der Waals surface area contributed by atoms with Crippen LogP contribution in [0.3, 0.4) is 0 Å². The lowest BCUT2D eigenvalue weighted by atomic mass is 10.1. The normalized spacial score (nSPS) is 16.8. The summed E-state index contributed by atoms with van der Waals surface area (Å²) in [6, 6.07) is 14.6. The van der Waals surface area contributed by atoms with Crippen molar-refractivity contribution in [1.29, 1.82) is 0 Å². The number of ether oxygens (including phenoxy) is 2. The van der Waals surface area contributed by atoms with Crippen LogP contribution in [0.2, 0.25) is 5.02 Å². The maximum absolute atomic E-state index is 13.3. The lowest BCUT2D eigenvalue weighted by Crippen LogP contribution is -2.37. The second-order valence-corrected chi connectivity index (χ2v) is 6.24. The topological polar surface area (TPSA) is 21.7 Å². The van der Waals surface area contributed by atoms with Gasteiger partial charge in [-0.15, -0.1) is 0 Å². The van der Waals surface area contributed by atoms with E-state index in [4.69, 9.17) is 21.1 Å². The Morgan fingerprint density at radius 3 is 2.58 bits per heavy atom. The summed E-state index contributed by atoms with van der Waals surface area (Å²) in [5.41, 5.74) is 1.10. The predicted octanol–water partition coefficient (Wildman–Crippen LogP) is 4.32. The number of nitrogens with zero attached hydrogens (tertiary/aromatic N) is 1. The fourth-order valence-electron chi connectivity index (χ4n) is 2.80. The predicted molar refractivity (Wildman–Crippen MR) is 93.1 cm³/mol. The van der Waals surface area contributed by atoms with Gasteiger partial charge in [0.05, 0.1) is 18.2 Å². The smallest absolute Gasteiger partial charge is 0.142 e. The Hall–Kier alpha value is -1.62. The first-order valence-corrected chi connectivity index (χ1v) is 8.57. The molecule has 1 heterocycles. The molecule has 1 saturated heterocycles. The van der Waals surface area contributed by atoms with Crippen LogP contribution in [-0.4, -0.2) is 37.7 Å². The summed E-state index contributed by atoms with van der Waals surface area (Å²) in [6.07, 6.45) is 0.745. The lowest BCUT2D eigenvalue weighted by Gasteiger charge is -2.28. The Morgan fingerprint density at radius 1 is 1.12 bits per heavy atom. The van der Waals surface area contributed by atoms with Gasteiger partial charge in [0.1, 0.15) is 17.7 Å². The number of rotatable bonds is 6. The van der Waals surface area contributed by atoms with Gasteiger partial charge in [0.2, 0.25) is 0 Å². The standard InChI is InChI=1S/C19H21ClFNO2/c20-17-14-16(6-7-18(17)21)24-19(15-4-2-1-3-5-15)8-9-22-10-12-23-13-11-22/h1-7,14,19H,8-13H2. The Labute approximate surface area is 146 Å². The largest absolute Gasteiger partial charge is 0.486 e. The van der Waals surface area contributed by atoms with Gasteiger partial charge in [-0.2, -0.15) is 0 Å². The van der Waals surface area contributed by atoms with Crippen LogP contribution in [0.4, 0.5) is 4.39 Å². The van der Waals surface area contributed by atoms with E-state index in [-0.39, 0.29) is 11.1 Å². The molecule has 1 unspecified atom stereocenters. The third-order valence-electron chi connectivity index (χ3n) is 4.15. The first-order valence-electron chi connectivity index (χ1n) is 8.19. The number of hydrogen-bond donors (Lipinski definition) is 0. The molecule has 0 radical (unpaired) electrons. The van der Waals surface area contributed by atoms with Gasteiger partial charge >= 0.3 is 0 Å². The van der Waals surface area contributed by atoms with E-state index in [1.54, 1.807) is 6.07 Å². The van der Waals surface area contributed by atoms with Gasteiger partial charge < -0.3 is 9.47 Å². The van der Waals surface area contributed by atoms with E-state index < -0.39 is 5.82 Å². The van der Waals surface area contributed by atoms with E-state index >= 15 is 0 Å². The van der Waals surface area contributed by atoms with E-state index in [0.717, 1.165) is 44.8 Å². The Morgan fingerprint density at radius 2 is 1.88 bits per heavy atom. The summed E-state index contributed by atoms with van der Waals surface area (Å²) in [7, 11) is 0. The maximum Gasteiger partial charge on any atom is 0.142 e. The Kier molecular flexibility index (Phi) is 6.07. The molecular weight excluding hydrogens is 329 g/mol. The quantitative estimate of drug-likeness (QED) is 0.775. The van der Waals surface area contributed by atoms with Gasteiger partial charge in [-0.1, -0.05) is 41.9 Å². The first kappa shape index (κ1) is 17.2. The second-order valence-electron chi connectivity index (χ2n) is 5.84. The molecule has 0 spiro atoms. The van der Waals surface area contributed by atoms with Crippen molar-refractivity contribution in [1.82, 2.24) is 4.90 Å². The van der Waals surface area contributed by atoms with Crippen molar-refractivity contribution in [3.63, 3.8) is 0 Å². The molecule has 1 aliphatic rings. The molecule has 2 aromatic rings. The SMILES string of the molecule is Fc1ccc(OC(CCN2CCOCC2)c2ccccc2)cc1Cl. The second kappa shape index (κ2) is 8.47. The average molecular weight is 350 g/mol. The zero-order valence-corrected chi connectivity index (χ0v) is 14.2. The molecule has 0 aromatic heterocycles. The maximum atomic E-state index is 13.3. The highest BCUT2D eigenvalue weighted by molar-refractivity contribution is 6.30. The minimum Gasteiger partial charge on any atom is -0.486 e. The summed E-state index contributed by atoms with van der Waals surface area (Å²) in [5.74, 6) is 0.144. The van der Waals surface area contributed by atoms with Crippen LogP contribution in [0, 0.1) is 5.82 Å².